The van der Waals surface area contributed by atoms with E-state index in [0.29, 0.717) is 0 Å². The molecule has 128 valence electrons. The molecule has 0 N–H and O–H groups in total. The summed E-state index contributed by atoms with van der Waals surface area (Å²) < 4.78 is 17.3. The quantitative estimate of drug-likeness (QED) is 0.408. The number of nitrogens with zero attached hydrogens (tertiary/aromatic N) is 1. The van der Waals surface area contributed by atoms with E-state index >= 15 is 0 Å². The van der Waals surface area contributed by atoms with E-state index in [1.165, 1.54) is 35.8 Å². The van der Waals surface area contributed by atoms with Crippen LogP contribution in [0.15, 0.2) is 84.9 Å². The molecule has 4 rings (SSSR count). The van der Waals surface area contributed by atoms with Crippen molar-refractivity contribution in [2.24, 2.45) is 0 Å². The van der Waals surface area contributed by atoms with Gasteiger partial charge >= 0.3 is 165 Å². The van der Waals surface area contributed by atoms with Gasteiger partial charge in [-0.05, 0) is 0 Å². The van der Waals surface area contributed by atoms with Gasteiger partial charge < -0.3 is 0 Å². The molecule has 0 aliphatic carbocycles. The van der Waals surface area contributed by atoms with Crippen molar-refractivity contribution in [1.82, 2.24) is 4.98 Å². The average molecular weight is 471 g/mol. The summed E-state index contributed by atoms with van der Waals surface area (Å²) in [7, 11) is 0. The van der Waals surface area contributed by atoms with Crippen molar-refractivity contribution in [3.63, 3.8) is 0 Å². The van der Waals surface area contributed by atoms with Crippen LogP contribution in [0.4, 0.5) is 4.39 Å². The molecule has 0 bridgehead atoms. The zero-order chi connectivity index (χ0) is 17.8. The first kappa shape index (κ1) is 17.5. The summed E-state index contributed by atoms with van der Waals surface area (Å²) in [6.07, 6.45) is 0.766. The third kappa shape index (κ3) is 4.23. The Bertz CT molecular complexity index is 980. The van der Waals surface area contributed by atoms with E-state index in [0.717, 1.165) is 12.0 Å². The third-order valence-electron chi connectivity index (χ3n) is 3.92. The zero-order valence-corrected chi connectivity index (χ0v) is 17.4. The molecular formula is C22H16FNSe2. The van der Waals surface area contributed by atoms with Crippen molar-refractivity contribution in [2.45, 2.75) is 6.42 Å². The number of rotatable bonds is 5. The predicted octanol–water partition coefficient (Wildman–Crippen LogP) is 3.19. The minimum atomic E-state index is -0.194. The second-order valence-corrected chi connectivity index (χ2v) is 11.5. The van der Waals surface area contributed by atoms with Crippen LogP contribution in [0.2, 0.25) is 0 Å². The summed E-state index contributed by atoms with van der Waals surface area (Å²) in [5.74, 6) is -0.194. The summed E-state index contributed by atoms with van der Waals surface area (Å²) in [5, 5.41) is 0. The molecule has 0 amide bonds. The van der Waals surface area contributed by atoms with Crippen molar-refractivity contribution in [3.8, 4) is 10.1 Å². The molecule has 4 heteroatoms. The normalized spacial score (nSPS) is 10.8. The van der Waals surface area contributed by atoms with Gasteiger partial charge in [-0.15, -0.1) is 0 Å². The Kier molecular flexibility index (Phi) is 5.48. The monoisotopic (exact) mass is 473 g/mol. The Morgan fingerprint density at radius 3 is 2.15 bits per heavy atom. The summed E-state index contributed by atoms with van der Waals surface area (Å²) in [6, 6.07) is 27.8. The van der Waals surface area contributed by atoms with E-state index in [1.54, 1.807) is 0 Å². The summed E-state index contributed by atoms with van der Waals surface area (Å²) in [4.78, 5) is 5.00. The first-order chi connectivity index (χ1) is 12.8. The van der Waals surface area contributed by atoms with E-state index in [9.17, 15) is 4.39 Å². The molecule has 0 aliphatic rings. The van der Waals surface area contributed by atoms with Crippen LogP contribution in [0.1, 0.15) is 11.3 Å². The molecule has 0 fully saturated rings. The Hall–Kier alpha value is -1.96. The van der Waals surface area contributed by atoms with Crippen LogP contribution in [-0.4, -0.2) is 34.4 Å². The van der Waals surface area contributed by atoms with E-state index in [2.05, 4.69) is 54.6 Å². The topological polar surface area (TPSA) is 12.9 Å². The van der Waals surface area contributed by atoms with Gasteiger partial charge in [-0.1, -0.05) is 0 Å². The van der Waals surface area contributed by atoms with Gasteiger partial charge in [0.1, 0.15) is 0 Å². The van der Waals surface area contributed by atoms with Crippen LogP contribution in [0.5, 0.6) is 0 Å². The minimum absolute atomic E-state index is 0.194. The Balaban J connectivity index is 1.70. The van der Waals surface area contributed by atoms with Gasteiger partial charge in [0, 0.05) is 0 Å². The van der Waals surface area contributed by atoms with Gasteiger partial charge in [-0.2, -0.15) is 0 Å². The standard InChI is InChI=1S/C22H16FNSe2/c23-18-13-11-16(12-14-18)15-20-22(25-19-9-5-2-6-10-19)26-21(24-20)17-7-3-1-4-8-17/h1-14H,15H2. The SMILES string of the molecule is Fc1ccc(Cc2nc(-c3ccccc3)[se]c2[Se]c2ccccc2)cc1. The molecule has 1 nitrogen and oxygen atoms in total. The molecule has 0 unspecified atom stereocenters. The molecule has 4 aromatic rings. The van der Waals surface area contributed by atoms with E-state index in [4.69, 9.17) is 4.98 Å². The van der Waals surface area contributed by atoms with Crippen molar-refractivity contribution >= 4 is 37.3 Å². The van der Waals surface area contributed by atoms with E-state index in [-0.39, 0.29) is 35.3 Å². The van der Waals surface area contributed by atoms with Crippen LogP contribution in [0.3, 0.4) is 0 Å². The molecule has 1 aromatic heterocycles. The van der Waals surface area contributed by atoms with Crippen LogP contribution in [0.25, 0.3) is 10.1 Å². The van der Waals surface area contributed by atoms with Gasteiger partial charge in [0.15, 0.2) is 0 Å². The maximum absolute atomic E-state index is 13.2. The Labute approximate surface area is 164 Å². The number of hydrogen-bond donors (Lipinski definition) is 0. The molecular weight excluding hydrogens is 455 g/mol. The van der Waals surface area contributed by atoms with Crippen LogP contribution in [-0.2, 0) is 6.42 Å². The summed E-state index contributed by atoms with van der Waals surface area (Å²) in [6.45, 7) is 0. The fourth-order valence-corrected chi connectivity index (χ4v) is 8.36. The zero-order valence-electron chi connectivity index (χ0n) is 13.9. The van der Waals surface area contributed by atoms with Crippen molar-refractivity contribution in [3.05, 3.63) is 102 Å². The third-order valence-corrected chi connectivity index (χ3v) is 9.66. The van der Waals surface area contributed by atoms with Crippen molar-refractivity contribution < 1.29 is 4.39 Å². The van der Waals surface area contributed by atoms with E-state index in [1.807, 2.05) is 18.2 Å². The molecule has 1 heterocycles. The van der Waals surface area contributed by atoms with Gasteiger partial charge in [-0.3, -0.25) is 0 Å². The first-order valence-electron chi connectivity index (χ1n) is 8.30. The number of aromatic nitrogens is 1. The second-order valence-electron chi connectivity index (χ2n) is 5.84. The fourth-order valence-electron chi connectivity index (χ4n) is 2.62. The van der Waals surface area contributed by atoms with Crippen LogP contribution < -0.4 is 7.80 Å². The number of halogens is 1. The first-order valence-corrected chi connectivity index (χ1v) is 11.7. The predicted molar refractivity (Wildman–Crippen MR) is 107 cm³/mol. The number of benzene rings is 3. The molecule has 0 spiro atoms. The maximum atomic E-state index is 13.2. The van der Waals surface area contributed by atoms with Gasteiger partial charge in [0.25, 0.3) is 0 Å². The molecule has 3 aromatic carbocycles. The summed E-state index contributed by atoms with van der Waals surface area (Å²) in [5.41, 5.74) is 3.49. The van der Waals surface area contributed by atoms with Gasteiger partial charge in [0.2, 0.25) is 0 Å². The average Bonchev–Trinajstić information content (AvgIpc) is 3.07. The Morgan fingerprint density at radius 1 is 0.808 bits per heavy atom. The van der Waals surface area contributed by atoms with E-state index < -0.39 is 0 Å². The van der Waals surface area contributed by atoms with Crippen molar-refractivity contribution in [1.29, 1.82) is 0 Å². The molecule has 0 aliphatic heterocycles. The number of hydrogen-bond acceptors (Lipinski definition) is 1. The van der Waals surface area contributed by atoms with Crippen LogP contribution >= 0.6 is 0 Å². The second kappa shape index (κ2) is 8.16. The summed E-state index contributed by atoms with van der Waals surface area (Å²) >= 11 is 0.517. The van der Waals surface area contributed by atoms with Gasteiger partial charge in [0.05, 0.1) is 0 Å². The molecule has 0 saturated heterocycles. The van der Waals surface area contributed by atoms with Gasteiger partial charge in [-0.25, -0.2) is 0 Å². The Morgan fingerprint density at radius 2 is 1.46 bits per heavy atom. The fraction of sp³-hybridized carbons (Fsp3) is 0.0455. The van der Waals surface area contributed by atoms with Crippen molar-refractivity contribution in [2.75, 3.05) is 0 Å². The molecule has 0 saturated carbocycles. The van der Waals surface area contributed by atoms with Crippen LogP contribution in [0, 0.1) is 5.82 Å². The molecule has 26 heavy (non-hydrogen) atoms. The molecule has 0 radical (unpaired) electrons. The molecule has 0 atom stereocenters.